The monoisotopic (exact) mass is 302 g/mol. The Morgan fingerprint density at radius 1 is 1.62 bits per heavy atom. The standard InChI is InChI=1S/C15H18N4OS/c1-2-7-16-13(20)11-5-4-9-19(10-11)15-18-12-6-3-8-17-14(12)21-15/h2-3,6,8,11H,1,4-5,7,9-10H2,(H,16,20). The highest BCUT2D eigenvalue weighted by molar-refractivity contribution is 7.21. The van der Waals surface area contributed by atoms with Crippen molar-refractivity contribution in [1.82, 2.24) is 15.3 Å². The van der Waals surface area contributed by atoms with Crippen molar-refractivity contribution in [2.75, 3.05) is 24.5 Å². The predicted molar refractivity (Wildman–Crippen MR) is 85.6 cm³/mol. The number of carbonyl (C=O) groups is 1. The van der Waals surface area contributed by atoms with E-state index in [0.29, 0.717) is 6.54 Å². The van der Waals surface area contributed by atoms with E-state index < -0.39 is 0 Å². The van der Waals surface area contributed by atoms with Crippen molar-refractivity contribution in [2.24, 2.45) is 5.92 Å². The summed E-state index contributed by atoms with van der Waals surface area (Å²) in [4.78, 5) is 24.2. The maximum Gasteiger partial charge on any atom is 0.225 e. The van der Waals surface area contributed by atoms with Gasteiger partial charge >= 0.3 is 0 Å². The summed E-state index contributed by atoms with van der Waals surface area (Å²) in [5, 5.41) is 3.85. The SMILES string of the molecule is C=CCNC(=O)C1CCCN(c2nc3cccnc3s2)C1. The zero-order chi connectivity index (χ0) is 14.7. The third kappa shape index (κ3) is 3.05. The highest BCUT2D eigenvalue weighted by Crippen LogP contribution is 2.30. The maximum atomic E-state index is 12.1. The molecule has 0 saturated carbocycles. The van der Waals surface area contributed by atoms with Gasteiger partial charge in [0.2, 0.25) is 5.91 Å². The van der Waals surface area contributed by atoms with E-state index in [1.807, 2.05) is 12.1 Å². The minimum absolute atomic E-state index is 0.0265. The Labute approximate surface area is 127 Å². The molecule has 1 amide bonds. The van der Waals surface area contributed by atoms with Gasteiger partial charge in [-0.2, -0.15) is 0 Å². The highest BCUT2D eigenvalue weighted by Gasteiger charge is 2.27. The minimum Gasteiger partial charge on any atom is -0.352 e. The Kier molecular flexibility index (Phi) is 4.15. The lowest BCUT2D eigenvalue weighted by molar-refractivity contribution is -0.125. The molecule has 1 aliphatic heterocycles. The number of nitrogens with one attached hydrogen (secondary N) is 1. The number of nitrogens with zero attached hydrogens (tertiary/aromatic N) is 3. The molecule has 0 aromatic carbocycles. The number of thiazole rings is 1. The van der Waals surface area contributed by atoms with Gasteiger partial charge in [0.05, 0.1) is 5.92 Å². The fourth-order valence-electron chi connectivity index (χ4n) is 2.58. The zero-order valence-corrected chi connectivity index (χ0v) is 12.6. The second-order valence-corrected chi connectivity index (χ2v) is 6.10. The van der Waals surface area contributed by atoms with Gasteiger partial charge in [0.25, 0.3) is 0 Å². The van der Waals surface area contributed by atoms with Crippen LogP contribution in [0.15, 0.2) is 31.0 Å². The first-order chi connectivity index (χ1) is 10.3. The molecule has 3 rings (SSSR count). The van der Waals surface area contributed by atoms with E-state index in [9.17, 15) is 4.79 Å². The topological polar surface area (TPSA) is 58.1 Å². The van der Waals surface area contributed by atoms with Crippen LogP contribution in [0.1, 0.15) is 12.8 Å². The molecule has 0 radical (unpaired) electrons. The van der Waals surface area contributed by atoms with Crippen LogP contribution in [0.2, 0.25) is 0 Å². The lowest BCUT2D eigenvalue weighted by Crippen LogP contribution is -2.43. The molecule has 1 aliphatic rings. The van der Waals surface area contributed by atoms with E-state index >= 15 is 0 Å². The number of amides is 1. The summed E-state index contributed by atoms with van der Waals surface area (Å²) < 4.78 is 0. The number of carbonyl (C=O) groups excluding carboxylic acids is 1. The molecular weight excluding hydrogens is 284 g/mol. The van der Waals surface area contributed by atoms with Crippen LogP contribution in [0, 0.1) is 5.92 Å². The average molecular weight is 302 g/mol. The fraction of sp³-hybridized carbons (Fsp3) is 0.400. The predicted octanol–water partition coefficient (Wildman–Crippen LogP) is 2.21. The number of pyridine rings is 1. The molecule has 1 fully saturated rings. The largest absolute Gasteiger partial charge is 0.352 e. The third-order valence-corrected chi connectivity index (χ3v) is 4.68. The van der Waals surface area contributed by atoms with Gasteiger partial charge in [-0.25, -0.2) is 9.97 Å². The number of anilines is 1. The number of hydrogen-bond donors (Lipinski definition) is 1. The molecule has 2 aromatic rings. The van der Waals surface area contributed by atoms with Crippen molar-refractivity contribution in [3.63, 3.8) is 0 Å². The van der Waals surface area contributed by atoms with Crippen LogP contribution in [-0.2, 0) is 4.79 Å². The molecule has 0 aliphatic carbocycles. The van der Waals surface area contributed by atoms with Gasteiger partial charge in [-0.05, 0) is 25.0 Å². The number of fused-ring (bicyclic) bond motifs is 1. The van der Waals surface area contributed by atoms with Crippen molar-refractivity contribution in [1.29, 1.82) is 0 Å². The van der Waals surface area contributed by atoms with Crippen molar-refractivity contribution in [2.45, 2.75) is 12.8 Å². The van der Waals surface area contributed by atoms with Crippen LogP contribution in [-0.4, -0.2) is 35.5 Å². The number of hydrogen-bond acceptors (Lipinski definition) is 5. The number of rotatable bonds is 4. The molecule has 5 nitrogen and oxygen atoms in total. The summed E-state index contributed by atoms with van der Waals surface area (Å²) in [6.07, 6.45) is 5.43. The van der Waals surface area contributed by atoms with Crippen molar-refractivity contribution >= 4 is 32.7 Å². The lowest BCUT2D eigenvalue weighted by atomic mass is 9.97. The summed E-state index contributed by atoms with van der Waals surface area (Å²) in [6.45, 7) is 5.83. The van der Waals surface area contributed by atoms with Crippen molar-refractivity contribution < 1.29 is 4.79 Å². The van der Waals surface area contributed by atoms with Crippen LogP contribution in [0.25, 0.3) is 10.3 Å². The number of aromatic nitrogens is 2. The molecule has 1 N–H and O–H groups in total. The summed E-state index contributed by atoms with van der Waals surface area (Å²) >= 11 is 1.59. The average Bonchev–Trinajstić information content (AvgIpc) is 2.97. The molecule has 1 atom stereocenters. The van der Waals surface area contributed by atoms with Gasteiger partial charge in [0.1, 0.15) is 10.3 Å². The second kappa shape index (κ2) is 6.22. The first-order valence-electron chi connectivity index (χ1n) is 7.13. The molecule has 2 aromatic heterocycles. The molecule has 1 unspecified atom stereocenters. The zero-order valence-electron chi connectivity index (χ0n) is 11.8. The van der Waals surface area contributed by atoms with Gasteiger partial charge in [0.15, 0.2) is 5.13 Å². The third-order valence-electron chi connectivity index (χ3n) is 3.64. The first-order valence-corrected chi connectivity index (χ1v) is 7.94. The number of piperidine rings is 1. The molecule has 21 heavy (non-hydrogen) atoms. The lowest BCUT2D eigenvalue weighted by Gasteiger charge is -2.31. The summed E-state index contributed by atoms with van der Waals surface area (Å²) in [6, 6.07) is 3.87. The van der Waals surface area contributed by atoms with E-state index in [-0.39, 0.29) is 11.8 Å². The van der Waals surface area contributed by atoms with Gasteiger partial charge in [0, 0.05) is 25.8 Å². The molecule has 1 saturated heterocycles. The van der Waals surface area contributed by atoms with Gasteiger partial charge in [-0.3, -0.25) is 4.79 Å². The first kappa shape index (κ1) is 14.0. The Hall–Kier alpha value is -1.95. The van der Waals surface area contributed by atoms with E-state index in [4.69, 9.17) is 0 Å². The van der Waals surface area contributed by atoms with Crippen LogP contribution < -0.4 is 10.2 Å². The van der Waals surface area contributed by atoms with Crippen LogP contribution in [0.3, 0.4) is 0 Å². The van der Waals surface area contributed by atoms with Gasteiger partial charge < -0.3 is 10.2 Å². The Balaban J connectivity index is 1.73. The quantitative estimate of drug-likeness (QED) is 0.880. The second-order valence-electron chi connectivity index (χ2n) is 5.14. The minimum atomic E-state index is 0.0265. The summed E-state index contributed by atoms with van der Waals surface area (Å²) in [7, 11) is 0. The van der Waals surface area contributed by atoms with Gasteiger partial charge in [-0.1, -0.05) is 17.4 Å². The van der Waals surface area contributed by atoms with Crippen molar-refractivity contribution in [3.05, 3.63) is 31.0 Å². The molecule has 6 heteroatoms. The normalized spacial score (nSPS) is 18.7. The van der Waals surface area contributed by atoms with Crippen LogP contribution in [0.4, 0.5) is 5.13 Å². The van der Waals surface area contributed by atoms with E-state index in [1.54, 1.807) is 23.6 Å². The molecule has 110 valence electrons. The Morgan fingerprint density at radius 3 is 3.33 bits per heavy atom. The van der Waals surface area contributed by atoms with Crippen LogP contribution >= 0.6 is 11.3 Å². The summed E-state index contributed by atoms with van der Waals surface area (Å²) in [5.41, 5.74) is 0.927. The Morgan fingerprint density at radius 2 is 2.52 bits per heavy atom. The molecule has 0 spiro atoms. The van der Waals surface area contributed by atoms with E-state index in [0.717, 1.165) is 41.4 Å². The molecule has 3 heterocycles. The van der Waals surface area contributed by atoms with Crippen molar-refractivity contribution in [3.8, 4) is 0 Å². The van der Waals surface area contributed by atoms with Gasteiger partial charge in [-0.15, -0.1) is 6.58 Å². The Bertz CT molecular complexity index is 621. The van der Waals surface area contributed by atoms with Crippen LogP contribution in [0.5, 0.6) is 0 Å². The maximum absolute atomic E-state index is 12.1. The van der Waals surface area contributed by atoms with E-state index in [1.165, 1.54) is 0 Å². The molecule has 0 bridgehead atoms. The highest BCUT2D eigenvalue weighted by atomic mass is 32.1. The fourth-order valence-corrected chi connectivity index (χ4v) is 3.52. The molecular formula is C15H18N4OS. The summed E-state index contributed by atoms with van der Waals surface area (Å²) in [5.74, 6) is 0.137. The smallest absolute Gasteiger partial charge is 0.225 e. The van der Waals surface area contributed by atoms with E-state index in [2.05, 4.69) is 26.8 Å².